The molecule has 3 aromatic rings. The van der Waals surface area contributed by atoms with Crippen molar-refractivity contribution in [3.8, 4) is 5.75 Å². The fourth-order valence-corrected chi connectivity index (χ4v) is 5.15. The molecule has 0 bridgehead atoms. The van der Waals surface area contributed by atoms with Gasteiger partial charge in [-0.15, -0.1) is 11.3 Å². The number of aryl methyl sites for hydroxylation is 2. The average Bonchev–Trinajstić information content (AvgIpc) is 2.96. The highest BCUT2D eigenvalue weighted by Crippen LogP contribution is 2.32. The number of anilines is 1. The van der Waals surface area contributed by atoms with E-state index in [9.17, 15) is 18.4 Å². The lowest BCUT2D eigenvalue weighted by molar-refractivity contribution is -0.115. The molecular formula is C21H23F2N3O3S2. The molecule has 2 heterocycles. The third kappa shape index (κ3) is 4.90. The van der Waals surface area contributed by atoms with E-state index in [1.807, 2.05) is 27.7 Å². The standard InChI is InChI=1S/C21H23F2N3O3S2/c1-10(2)26-19(28)16-11(3)12(4)30-18(16)25-21(26)31-13(5)17(27)24-14-8-6-7-9-15(14)29-20(22)23/h6-10,13,20H,1-5H3,(H,24,27). The Morgan fingerprint density at radius 3 is 2.55 bits per heavy atom. The lowest BCUT2D eigenvalue weighted by Crippen LogP contribution is -2.28. The lowest BCUT2D eigenvalue weighted by atomic mass is 10.2. The summed E-state index contributed by atoms with van der Waals surface area (Å²) < 4.78 is 31.3. The molecule has 1 unspecified atom stereocenters. The van der Waals surface area contributed by atoms with E-state index >= 15 is 0 Å². The highest BCUT2D eigenvalue weighted by Gasteiger charge is 2.23. The number of ether oxygens (including phenoxy) is 1. The van der Waals surface area contributed by atoms with Gasteiger partial charge in [-0.2, -0.15) is 8.78 Å². The number of halogens is 2. The number of alkyl halides is 2. The Labute approximate surface area is 186 Å². The molecule has 1 N–H and O–H groups in total. The summed E-state index contributed by atoms with van der Waals surface area (Å²) in [4.78, 5) is 32.2. The van der Waals surface area contributed by atoms with Crippen molar-refractivity contribution in [1.29, 1.82) is 0 Å². The number of hydrogen-bond donors (Lipinski definition) is 1. The van der Waals surface area contributed by atoms with Crippen molar-refractivity contribution in [3.63, 3.8) is 0 Å². The number of nitrogens with one attached hydrogen (secondary N) is 1. The number of hydrogen-bond acceptors (Lipinski definition) is 6. The summed E-state index contributed by atoms with van der Waals surface area (Å²) in [5.74, 6) is -0.537. The van der Waals surface area contributed by atoms with Crippen LogP contribution in [0.1, 0.15) is 37.3 Å². The first-order valence-corrected chi connectivity index (χ1v) is 11.3. The minimum Gasteiger partial charge on any atom is -0.433 e. The van der Waals surface area contributed by atoms with Crippen LogP contribution in [-0.2, 0) is 4.79 Å². The molecule has 1 aromatic carbocycles. The van der Waals surface area contributed by atoms with Crippen LogP contribution in [0.15, 0.2) is 34.2 Å². The molecule has 1 amide bonds. The molecule has 0 radical (unpaired) electrons. The fraction of sp³-hybridized carbons (Fsp3) is 0.381. The van der Waals surface area contributed by atoms with Crippen LogP contribution >= 0.6 is 23.1 Å². The van der Waals surface area contributed by atoms with Crippen molar-refractivity contribution >= 4 is 44.9 Å². The Balaban J connectivity index is 1.90. The number of amides is 1. The van der Waals surface area contributed by atoms with E-state index in [0.29, 0.717) is 15.4 Å². The van der Waals surface area contributed by atoms with Gasteiger partial charge < -0.3 is 10.1 Å². The maximum Gasteiger partial charge on any atom is 0.387 e. The van der Waals surface area contributed by atoms with Gasteiger partial charge in [-0.3, -0.25) is 14.2 Å². The number of para-hydroxylation sites is 2. The summed E-state index contributed by atoms with van der Waals surface area (Å²) in [6.07, 6.45) is 0. The number of thiophene rings is 1. The van der Waals surface area contributed by atoms with Crippen LogP contribution in [0.5, 0.6) is 5.75 Å². The van der Waals surface area contributed by atoms with E-state index in [-0.39, 0.29) is 23.0 Å². The van der Waals surface area contributed by atoms with Crippen molar-refractivity contribution in [2.75, 3.05) is 5.32 Å². The van der Waals surface area contributed by atoms with Crippen LogP contribution in [0.2, 0.25) is 0 Å². The van der Waals surface area contributed by atoms with Crippen LogP contribution < -0.4 is 15.6 Å². The molecule has 3 rings (SSSR count). The molecule has 0 saturated carbocycles. The van der Waals surface area contributed by atoms with E-state index in [4.69, 9.17) is 0 Å². The first kappa shape index (κ1) is 23.2. The summed E-state index contributed by atoms with van der Waals surface area (Å²) in [5.41, 5.74) is 0.937. The van der Waals surface area contributed by atoms with Gasteiger partial charge in [0, 0.05) is 10.9 Å². The summed E-state index contributed by atoms with van der Waals surface area (Å²) in [6, 6.07) is 5.84. The third-order valence-electron chi connectivity index (χ3n) is 4.73. The van der Waals surface area contributed by atoms with E-state index in [0.717, 1.165) is 22.2 Å². The smallest absolute Gasteiger partial charge is 0.387 e. The van der Waals surface area contributed by atoms with Crippen molar-refractivity contribution < 1.29 is 18.3 Å². The van der Waals surface area contributed by atoms with E-state index < -0.39 is 17.8 Å². The van der Waals surface area contributed by atoms with Crippen molar-refractivity contribution in [2.45, 2.75) is 57.7 Å². The first-order chi connectivity index (χ1) is 14.6. The van der Waals surface area contributed by atoms with Gasteiger partial charge >= 0.3 is 6.61 Å². The zero-order valence-electron chi connectivity index (χ0n) is 17.7. The molecular weight excluding hydrogens is 444 g/mol. The number of rotatable bonds is 7. The number of aromatic nitrogens is 2. The molecule has 0 saturated heterocycles. The van der Waals surface area contributed by atoms with Gasteiger partial charge in [0.15, 0.2) is 5.16 Å². The summed E-state index contributed by atoms with van der Waals surface area (Å²) >= 11 is 2.59. The molecule has 0 fully saturated rings. The minimum absolute atomic E-state index is 0.119. The Hall–Kier alpha value is -2.46. The second-order valence-electron chi connectivity index (χ2n) is 7.25. The Morgan fingerprint density at radius 1 is 1.23 bits per heavy atom. The Morgan fingerprint density at radius 2 is 1.90 bits per heavy atom. The van der Waals surface area contributed by atoms with Crippen LogP contribution in [0.3, 0.4) is 0 Å². The minimum atomic E-state index is -3.00. The summed E-state index contributed by atoms with van der Waals surface area (Å²) in [7, 11) is 0. The second kappa shape index (κ2) is 9.35. The van der Waals surface area contributed by atoms with Crippen LogP contribution in [-0.4, -0.2) is 27.3 Å². The molecule has 1 atom stereocenters. The van der Waals surface area contributed by atoms with Crippen molar-refractivity contribution in [1.82, 2.24) is 9.55 Å². The average molecular weight is 468 g/mol. The molecule has 6 nitrogen and oxygen atoms in total. The van der Waals surface area contributed by atoms with E-state index in [1.165, 1.54) is 29.5 Å². The van der Waals surface area contributed by atoms with Gasteiger partial charge in [0.25, 0.3) is 5.56 Å². The highest BCUT2D eigenvalue weighted by molar-refractivity contribution is 8.00. The number of benzene rings is 1. The number of carbonyl (C=O) groups excluding carboxylic acids is 1. The van der Waals surface area contributed by atoms with Gasteiger partial charge in [-0.05, 0) is 52.3 Å². The SMILES string of the molecule is Cc1sc2nc(SC(C)C(=O)Nc3ccccc3OC(F)F)n(C(C)C)c(=O)c2c1C. The normalized spacial score (nSPS) is 12.5. The predicted octanol–water partition coefficient (Wildman–Crippen LogP) is 5.38. The summed E-state index contributed by atoms with van der Waals surface area (Å²) in [5, 5.41) is 3.02. The van der Waals surface area contributed by atoms with Crippen molar-refractivity contribution in [3.05, 3.63) is 45.1 Å². The number of fused-ring (bicyclic) bond motifs is 1. The maximum absolute atomic E-state index is 13.1. The molecule has 0 aliphatic heterocycles. The Bertz CT molecular complexity index is 1170. The van der Waals surface area contributed by atoms with Gasteiger partial charge in [-0.1, -0.05) is 23.9 Å². The zero-order chi connectivity index (χ0) is 22.9. The molecule has 31 heavy (non-hydrogen) atoms. The number of thioether (sulfide) groups is 1. The quantitative estimate of drug-likeness (QED) is 0.373. The van der Waals surface area contributed by atoms with Gasteiger partial charge in [-0.25, -0.2) is 4.98 Å². The topological polar surface area (TPSA) is 73.2 Å². The fourth-order valence-electron chi connectivity index (χ4n) is 3.04. The Kier molecular flexibility index (Phi) is 7.00. The number of nitrogens with zero attached hydrogens (tertiary/aromatic N) is 2. The highest BCUT2D eigenvalue weighted by atomic mass is 32.2. The lowest BCUT2D eigenvalue weighted by Gasteiger charge is -2.18. The van der Waals surface area contributed by atoms with Crippen LogP contribution in [0.4, 0.5) is 14.5 Å². The van der Waals surface area contributed by atoms with Crippen molar-refractivity contribution in [2.24, 2.45) is 0 Å². The molecule has 10 heteroatoms. The van der Waals surface area contributed by atoms with Crippen LogP contribution in [0, 0.1) is 13.8 Å². The van der Waals surface area contributed by atoms with Gasteiger partial charge in [0.2, 0.25) is 5.91 Å². The molecule has 2 aromatic heterocycles. The molecule has 166 valence electrons. The largest absolute Gasteiger partial charge is 0.433 e. The monoisotopic (exact) mass is 467 g/mol. The zero-order valence-corrected chi connectivity index (χ0v) is 19.4. The first-order valence-electron chi connectivity index (χ1n) is 9.63. The maximum atomic E-state index is 13.1. The third-order valence-corrected chi connectivity index (χ3v) is 6.90. The van der Waals surface area contributed by atoms with E-state index in [2.05, 4.69) is 15.0 Å². The molecule has 0 spiro atoms. The second-order valence-corrected chi connectivity index (χ2v) is 9.76. The number of carbonyl (C=O) groups is 1. The van der Waals surface area contributed by atoms with Crippen LogP contribution in [0.25, 0.3) is 10.2 Å². The molecule has 0 aliphatic carbocycles. The van der Waals surface area contributed by atoms with Gasteiger partial charge in [0.05, 0.1) is 16.3 Å². The van der Waals surface area contributed by atoms with E-state index in [1.54, 1.807) is 17.6 Å². The molecule has 0 aliphatic rings. The summed E-state index contributed by atoms with van der Waals surface area (Å²) in [6.45, 7) is 6.29. The van der Waals surface area contributed by atoms with Gasteiger partial charge in [0.1, 0.15) is 10.6 Å². The predicted molar refractivity (Wildman–Crippen MR) is 121 cm³/mol.